The maximum absolute atomic E-state index is 5.57. The number of unbranched alkanes of at least 4 members (excludes halogenated alkanes) is 1. The molecule has 2 nitrogen and oxygen atoms in total. The van der Waals surface area contributed by atoms with Gasteiger partial charge in [0.15, 0.2) is 0 Å². The molecule has 0 bridgehead atoms. The van der Waals surface area contributed by atoms with Gasteiger partial charge in [-0.15, -0.1) is 0 Å². The predicted octanol–water partition coefficient (Wildman–Crippen LogP) is 5.61. The van der Waals surface area contributed by atoms with Crippen LogP contribution in [0.3, 0.4) is 0 Å². The second kappa shape index (κ2) is 10.9. The van der Waals surface area contributed by atoms with Gasteiger partial charge >= 0.3 is 0 Å². The van der Waals surface area contributed by atoms with Crippen molar-refractivity contribution in [1.29, 1.82) is 0 Å². The van der Waals surface area contributed by atoms with E-state index in [1.54, 1.807) is 11.8 Å². The van der Waals surface area contributed by atoms with Crippen LogP contribution in [0.5, 0.6) is 5.88 Å². The zero-order valence-corrected chi connectivity index (χ0v) is 13.8. The lowest BCUT2D eigenvalue weighted by Crippen LogP contribution is -1.99. The Morgan fingerprint density at radius 2 is 1.95 bits per heavy atom. The quantitative estimate of drug-likeness (QED) is 0.499. The summed E-state index contributed by atoms with van der Waals surface area (Å²) in [5, 5.41) is 0.987. The van der Waals surface area contributed by atoms with Crippen LogP contribution in [0.2, 0.25) is 0 Å². The molecule has 108 valence electrons. The maximum atomic E-state index is 5.57. The highest BCUT2D eigenvalue weighted by atomic mass is 32.2. The summed E-state index contributed by atoms with van der Waals surface area (Å²) in [7, 11) is 0. The normalized spacial score (nSPS) is 9.53. The molecule has 0 aliphatic rings. The zero-order valence-electron chi connectivity index (χ0n) is 13.0. The van der Waals surface area contributed by atoms with Gasteiger partial charge in [0.25, 0.3) is 0 Å². The van der Waals surface area contributed by atoms with Gasteiger partial charge in [0.1, 0.15) is 5.03 Å². The van der Waals surface area contributed by atoms with E-state index in [2.05, 4.69) is 32.3 Å². The summed E-state index contributed by atoms with van der Waals surface area (Å²) in [6.07, 6.45) is 3.46. The molecule has 0 unspecified atom stereocenters. The lowest BCUT2D eigenvalue weighted by Gasteiger charge is -2.08. The average molecular weight is 281 g/mol. The number of aryl methyl sites for hydroxylation is 1. The summed E-state index contributed by atoms with van der Waals surface area (Å²) >= 11 is 1.59. The molecule has 0 radical (unpaired) electrons. The van der Waals surface area contributed by atoms with Crippen molar-refractivity contribution in [2.45, 2.75) is 58.9 Å². The van der Waals surface area contributed by atoms with Gasteiger partial charge in [-0.3, -0.25) is 0 Å². The Labute approximate surface area is 122 Å². The average Bonchev–Trinajstić information content (AvgIpc) is 2.34. The number of nitrogens with zero attached hydrogens (tertiary/aromatic N) is 1. The number of thioether (sulfide) groups is 1. The summed E-state index contributed by atoms with van der Waals surface area (Å²) in [6, 6.07) is 3.97. The molecule has 0 N–H and O–H groups in total. The monoisotopic (exact) mass is 281 g/mol. The molecule has 0 amide bonds. The van der Waals surface area contributed by atoms with Crippen molar-refractivity contribution in [3.8, 4) is 5.88 Å². The van der Waals surface area contributed by atoms with Crippen LogP contribution < -0.4 is 4.74 Å². The zero-order chi connectivity index (χ0) is 14.7. The number of hydrogen-bond donors (Lipinski definition) is 0. The van der Waals surface area contributed by atoms with Gasteiger partial charge in [-0.25, -0.2) is 4.98 Å². The van der Waals surface area contributed by atoms with Crippen LogP contribution in [-0.4, -0.2) is 11.6 Å². The molecule has 19 heavy (non-hydrogen) atoms. The maximum Gasteiger partial charge on any atom is 0.214 e. The fraction of sp³-hybridized carbons (Fsp3) is 0.562. The number of allylic oxidation sites excluding steroid dienone is 1. The molecule has 1 aromatic rings. The lowest BCUT2D eigenvalue weighted by molar-refractivity contribution is 0.295. The van der Waals surface area contributed by atoms with E-state index in [0.717, 1.165) is 34.9 Å². The number of rotatable bonds is 6. The summed E-state index contributed by atoms with van der Waals surface area (Å²) in [5.74, 6) is 0.711. The smallest absolute Gasteiger partial charge is 0.214 e. The van der Waals surface area contributed by atoms with Crippen molar-refractivity contribution in [2.24, 2.45) is 0 Å². The van der Waals surface area contributed by atoms with E-state index in [1.165, 1.54) is 6.42 Å². The van der Waals surface area contributed by atoms with Crippen LogP contribution in [0.4, 0.5) is 0 Å². The van der Waals surface area contributed by atoms with Gasteiger partial charge in [-0.05, 0) is 30.7 Å². The molecule has 0 saturated heterocycles. The summed E-state index contributed by atoms with van der Waals surface area (Å²) in [6.45, 7) is 15.0. The Morgan fingerprint density at radius 3 is 2.47 bits per heavy atom. The molecule has 1 heterocycles. The standard InChI is InChI=1S/C13H19NOS.C3H8/c1-5-6-9-15-12-8-7-11(4)13(14-12)16-10(2)3;1-3-2/h7-8H,2,5-6,9H2,1,3-4H3;3H2,1-2H3. The third-order valence-corrected chi connectivity index (χ3v) is 3.00. The molecule has 0 spiro atoms. The van der Waals surface area contributed by atoms with E-state index >= 15 is 0 Å². The highest BCUT2D eigenvalue weighted by molar-refractivity contribution is 8.03. The molecule has 1 rings (SSSR count). The Balaban J connectivity index is 0.000000982. The molecular formula is C16H27NOS. The van der Waals surface area contributed by atoms with Gasteiger partial charge in [0.2, 0.25) is 5.88 Å². The summed E-state index contributed by atoms with van der Waals surface area (Å²) < 4.78 is 5.57. The van der Waals surface area contributed by atoms with E-state index < -0.39 is 0 Å². The van der Waals surface area contributed by atoms with Gasteiger partial charge in [0, 0.05) is 6.07 Å². The minimum absolute atomic E-state index is 0.711. The first kappa shape index (κ1) is 18.0. The first-order chi connectivity index (χ1) is 9.04. The topological polar surface area (TPSA) is 22.1 Å². The first-order valence-electron chi connectivity index (χ1n) is 6.98. The lowest BCUT2D eigenvalue weighted by atomic mass is 10.3. The van der Waals surface area contributed by atoms with Gasteiger partial charge in [0.05, 0.1) is 6.61 Å². The van der Waals surface area contributed by atoms with Crippen LogP contribution in [0.25, 0.3) is 0 Å². The molecule has 0 aliphatic heterocycles. The second-order valence-corrected chi connectivity index (χ2v) is 5.77. The van der Waals surface area contributed by atoms with Crippen LogP contribution in [0, 0.1) is 6.92 Å². The first-order valence-corrected chi connectivity index (χ1v) is 7.80. The highest BCUT2D eigenvalue weighted by Crippen LogP contribution is 2.27. The second-order valence-electron chi connectivity index (χ2n) is 4.48. The minimum atomic E-state index is 0.711. The molecular weight excluding hydrogens is 254 g/mol. The minimum Gasteiger partial charge on any atom is -0.478 e. The van der Waals surface area contributed by atoms with E-state index in [9.17, 15) is 0 Å². The van der Waals surface area contributed by atoms with Gasteiger partial charge in [-0.1, -0.05) is 58.0 Å². The predicted molar refractivity (Wildman–Crippen MR) is 86.0 cm³/mol. The van der Waals surface area contributed by atoms with Crippen molar-refractivity contribution in [1.82, 2.24) is 4.98 Å². The van der Waals surface area contributed by atoms with Gasteiger partial charge in [-0.2, -0.15) is 0 Å². The molecule has 0 aromatic carbocycles. The summed E-state index contributed by atoms with van der Waals surface area (Å²) in [5.41, 5.74) is 1.16. The molecule has 0 aliphatic carbocycles. The van der Waals surface area contributed by atoms with E-state index in [1.807, 2.05) is 26.0 Å². The van der Waals surface area contributed by atoms with Crippen molar-refractivity contribution in [2.75, 3.05) is 6.61 Å². The third kappa shape index (κ3) is 8.71. The van der Waals surface area contributed by atoms with Crippen LogP contribution in [0.15, 0.2) is 28.6 Å². The number of pyridine rings is 1. The van der Waals surface area contributed by atoms with Crippen molar-refractivity contribution >= 4 is 11.8 Å². The Bertz CT molecular complexity index is 377. The Morgan fingerprint density at radius 1 is 1.32 bits per heavy atom. The van der Waals surface area contributed by atoms with Crippen LogP contribution >= 0.6 is 11.8 Å². The van der Waals surface area contributed by atoms with Crippen molar-refractivity contribution in [3.05, 3.63) is 29.2 Å². The number of hydrogen-bond acceptors (Lipinski definition) is 3. The fourth-order valence-electron chi connectivity index (χ4n) is 1.16. The number of aromatic nitrogens is 1. The van der Waals surface area contributed by atoms with Crippen molar-refractivity contribution < 1.29 is 4.74 Å². The van der Waals surface area contributed by atoms with E-state index in [4.69, 9.17) is 4.74 Å². The SMILES string of the molecule is C=C(C)Sc1nc(OCCCC)ccc1C.CCC. The van der Waals surface area contributed by atoms with E-state index in [-0.39, 0.29) is 0 Å². The Hall–Kier alpha value is -0.960. The van der Waals surface area contributed by atoms with Crippen molar-refractivity contribution in [3.63, 3.8) is 0 Å². The fourth-order valence-corrected chi connectivity index (χ4v) is 1.86. The number of ether oxygens (including phenoxy) is 1. The Kier molecular flexibility index (Phi) is 10.4. The molecule has 1 aromatic heterocycles. The molecule has 0 fully saturated rings. The highest BCUT2D eigenvalue weighted by Gasteiger charge is 2.04. The largest absolute Gasteiger partial charge is 0.478 e. The summed E-state index contributed by atoms with van der Waals surface area (Å²) in [4.78, 5) is 5.51. The molecule has 3 heteroatoms. The van der Waals surface area contributed by atoms with Crippen LogP contribution in [-0.2, 0) is 0 Å². The van der Waals surface area contributed by atoms with Gasteiger partial charge < -0.3 is 4.74 Å². The molecule has 0 atom stereocenters. The third-order valence-electron chi connectivity index (χ3n) is 2.04. The van der Waals surface area contributed by atoms with Crippen LogP contribution in [0.1, 0.15) is 52.5 Å². The molecule has 0 saturated carbocycles. The van der Waals surface area contributed by atoms with E-state index in [0.29, 0.717) is 5.88 Å².